The molecule has 1 atom stereocenters. The van der Waals surface area contributed by atoms with Gasteiger partial charge in [-0.15, -0.1) is 0 Å². The summed E-state index contributed by atoms with van der Waals surface area (Å²) in [5.74, 6) is -0.441. The molecule has 1 amide bonds. The summed E-state index contributed by atoms with van der Waals surface area (Å²) in [5.41, 5.74) is -1.17. The number of carbonyl (C=O) groups is 1. The van der Waals surface area contributed by atoms with Crippen molar-refractivity contribution in [1.29, 1.82) is 5.26 Å². The van der Waals surface area contributed by atoms with Crippen LogP contribution in [-0.2, 0) is 11.3 Å². The fourth-order valence-corrected chi connectivity index (χ4v) is 3.76. The molecule has 30 heavy (non-hydrogen) atoms. The van der Waals surface area contributed by atoms with E-state index in [1.807, 2.05) is 6.07 Å². The predicted octanol–water partition coefficient (Wildman–Crippen LogP) is 2.00. The lowest BCUT2D eigenvalue weighted by molar-refractivity contribution is -0.148. The number of nitriles is 1. The van der Waals surface area contributed by atoms with E-state index in [1.165, 1.54) is 17.3 Å². The van der Waals surface area contributed by atoms with Gasteiger partial charge in [-0.1, -0.05) is 0 Å². The summed E-state index contributed by atoms with van der Waals surface area (Å²) in [6.07, 6.45) is 5.01. The number of halogens is 2. The van der Waals surface area contributed by atoms with Gasteiger partial charge in [0, 0.05) is 43.9 Å². The summed E-state index contributed by atoms with van der Waals surface area (Å²) < 4.78 is 34.5. The minimum absolute atomic E-state index is 0.0278. The second-order valence-corrected chi connectivity index (χ2v) is 7.53. The topological polar surface area (TPSA) is 95.2 Å². The first kappa shape index (κ1) is 19.9. The summed E-state index contributed by atoms with van der Waals surface area (Å²) in [7, 11) is 0. The smallest absolute Gasteiger partial charge is 0.261 e. The molecular weight excluding hydrogens is 394 g/mol. The van der Waals surface area contributed by atoms with Gasteiger partial charge in [-0.05, 0) is 6.92 Å². The molecule has 0 radical (unpaired) electrons. The Morgan fingerprint density at radius 3 is 2.63 bits per heavy atom. The Morgan fingerprint density at radius 2 is 1.97 bits per heavy atom. The highest BCUT2D eigenvalue weighted by molar-refractivity contribution is 5.86. The Labute approximate surface area is 172 Å². The predicted molar refractivity (Wildman–Crippen MR) is 102 cm³/mol. The average Bonchev–Trinajstić information content (AvgIpc) is 2.93. The lowest BCUT2D eigenvalue weighted by atomic mass is 9.91. The third-order valence-corrected chi connectivity index (χ3v) is 5.52. The van der Waals surface area contributed by atoms with E-state index in [9.17, 15) is 14.4 Å². The Bertz CT molecular complexity index is 986. The summed E-state index contributed by atoms with van der Waals surface area (Å²) >= 11 is 0. The number of ether oxygens (including phenoxy) is 1. The van der Waals surface area contributed by atoms with Crippen LogP contribution >= 0.6 is 0 Å². The molecule has 0 N–H and O–H groups in total. The van der Waals surface area contributed by atoms with Gasteiger partial charge in [-0.25, -0.2) is 18.7 Å². The first-order valence-electron chi connectivity index (χ1n) is 9.63. The van der Waals surface area contributed by atoms with Gasteiger partial charge < -0.3 is 14.5 Å². The van der Waals surface area contributed by atoms with Crippen molar-refractivity contribution < 1.29 is 18.3 Å². The van der Waals surface area contributed by atoms with E-state index in [0.717, 1.165) is 12.4 Å². The van der Waals surface area contributed by atoms with Crippen molar-refractivity contribution in [3.63, 3.8) is 0 Å². The molecule has 0 spiro atoms. The average molecular weight is 414 g/mol. The molecule has 0 aromatic carbocycles. The fraction of sp³-hybridized carbons (Fsp3) is 0.450. The van der Waals surface area contributed by atoms with Crippen LogP contribution in [0.2, 0.25) is 0 Å². The van der Waals surface area contributed by atoms with Gasteiger partial charge in [0.05, 0.1) is 25.0 Å². The van der Waals surface area contributed by atoms with Crippen molar-refractivity contribution >= 4 is 11.9 Å². The molecular formula is C20H20F2N6O2. The molecule has 10 heteroatoms. The standard InChI is InChI=1S/C20H20F2N6O2/c1-13-12-30-17-14(6-23)7-24-8-15(17)11-28(13)18(29)20(22)2-4-27(5-3-20)19-25-9-16(21)10-26-19/h7-10,13H,2-5,11-12H2,1H3/t13-/m1/s1. The number of anilines is 1. The molecule has 4 heterocycles. The molecule has 0 aliphatic carbocycles. The van der Waals surface area contributed by atoms with Crippen molar-refractivity contribution in [3.8, 4) is 11.8 Å². The summed E-state index contributed by atoms with van der Waals surface area (Å²) in [6.45, 7) is 2.54. The maximum Gasteiger partial charge on any atom is 0.261 e. The third-order valence-electron chi connectivity index (χ3n) is 5.52. The van der Waals surface area contributed by atoms with Crippen LogP contribution in [0.4, 0.5) is 14.7 Å². The van der Waals surface area contributed by atoms with Gasteiger partial charge in [-0.3, -0.25) is 9.78 Å². The summed E-state index contributed by atoms with van der Waals surface area (Å²) in [6, 6.07) is 1.66. The number of pyridine rings is 1. The van der Waals surface area contributed by atoms with Crippen LogP contribution in [0.25, 0.3) is 0 Å². The lowest BCUT2D eigenvalue weighted by Crippen LogP contribution is -2.55. The van der Waals surface area contributed by atoms with E-state index >= 15 is 4.39 Å². The Hall–Kier alpha value is -3.35. The van der Waals surface area contributed by atoms with Crippen LogP contribution in [0.15, 0.2) is 24.8 Å². The van der Waals surface area contributed by atoms with Crippen molar-refractivity contribution in [3.05, 3.63) is 41.7 Å². The first-order chi connectivity index (χ1) is 14.4. The normalized spacial score (nSPS) is 20.5. The maximum atomic E-state index is 15.7. The van der Waals surface area contributed by atoms with Gasteiger partial charge >= 0.3 is 0 Å². The molecule has 4 rings (SSSR count). The number of nitrogens with zero attached hydrogens (tertiary/aromatic N) is 6. The first-order valence-corrected chi connectivity index (χ1v) is 9.63. The number of rotatable bonds is 2. The van der Waals surface area contributed by atoms with E-state index in [4.69, 9.17) is 4.74 Å². The molecule has 0 unspecified atom stereocenters. The van der Waals surface area contributed by atoms with Crippen LogP contribution in [0, 0.1) is 17.1 Å². The minimum atomic E-state index is -2.03. The van der Waals surface area contributed by atoms with Gasteiger partial charge in [0.2, 0.25) is 5.95 Å². The van der Waals surface area contributed by atoms with Gasteiger partial charge in [0.15, 0.2) is 11.5 Å². The van der Waals surface area contributed by atoms with Crippen LogP contribution in [0.1, 0.15) is 30.9 Å². The number of fused-ring (bicyclic) bond motifs is 1. The summed E-state index contributed by atoms with van der Waals surface area (Å²) in [5, 5.41) is 9.26. The molecule has 1 saturated heterocycles. The van der Waals surface area contributed by atoms with Gasteiger partial charge in [0.25, 0.3) is 5.91 Å². The lowest BCUT2D eigenvalue weighted by Gasteiger charge is -2.39. The Balaban J connectivity index is 1.50. The maximum absolute atomic E-state index is 15.7. The monoisotopic (exact) mass is 414 g/mol. The molecule has 2 aliphatic heterocycles. The van der Waals surface area contributed by atoms with E-state index in [0.29, 0.717) is 17.3 Å². The van der Waals surface area contributed by atoms with E-state index < -0.39 is 17.4 Å². The zero-order valence-corrected chi connectivity index (χ0v) is 16.4. The molecule has 156 valence electrons. The number of aromatic nitrogens is 3. The molecule has 2 aromatic rings. The Kier molecular flexibility index (Phi) is 5.20. The number of hydrogen-bond donors (Lipinski definition) is 0. The van der Waals surface area contributed by atoms with Crippen molar-refractivity contribution in [2.75, 3.05) is 24.6 Å². The van der Waals surface area contributed by atoms with Crippen LogP contribution < -0.4 is 9.64 Å². The van der Waals surface area contributed by atoms with Crippen LogP contribution in [-0.4, -0.2) is 57.2 Å². The van der Waals surface area contributed by atoms with E-state index in [-0.39, 0.29) is 50.7 Å². The van der Waals surface area contributed by atoms with Crippen LogP contribution in [0.3, 0.4) is 0 Å². The van der Waals surface area contributed by atoms with Gasteiger partial charge in [0.1, 0.15) is 24.0 Å². The Morgan fingerprint density at radius 1 is 1.27 bits per heavy atom. The second kappa shape index (κ2) is 7.82. The van der Waals surface area contributed by atoms with E-state index in [2.05, 4.69) is 15.0 Å². The molecule has 8 nitrogen and oxygen atoms in total. The van der Waals surface area contributed by atoms with Crippen molar-refractivity contribution in [2.45, 2.75) is 38.0 Å². The van der Waals surface area contributed by atoms with Crippen molar-refractivity contribution in [2.24, 2.45) is 0 Å². The van der Waals surface area contributed by atoms with Crippen molar-refractivity contribution in [1.82, 2.24) is 19.9 Å². The van der Waals surface area contributed by atoms with E-state index in [1.54, 1.807) is 11.8 Å². The van der Waals surface area contributed by atoms with Crippen LogP contribution in [0.5, 0.6) is 5.75 Å². The number of alkyl halides is 1. The fourth-order valence-electron chi connectivity index (χ4n) is 3.76. The number of carbonyl (C=O) groups excluding carboxylic acids is 1. The highest BCUT2D eigenvalue weighted by Gasteiger charge is 2.46. The highest BCUT2D eigenvalue weighted by Crippen LogP contribution is 2.34. The largest absolute Gasteiger partial charge is 0.490 e. The molecule has 2 aliphatic rings. The highest BCUT2D eigenvalue weighted by atomic mass is 19.1. The number of hydrogen-bond acceptors (Lipinski definition) is 7. The zero-order chi connectivity index (χ0) is 21.3. The molecule has 0 saturated carbocycles. The second-order valence-electron chi connectivity index (χ2n) is 7.53. The number of amides is 1. The zero-order valence-electron chi connectivity index (χ0n) is 16.4. The SMILES string of the molecule is C[C@@H]1COc2c(C#N)cncc2CN1C(=O)C1(F)CCN(c2ncc(F)cn2)CC1. The number of piperidine rings is 1. The quantitative estimate of drug-likeness (QED) is 0.742. The molecule has 1 fully saturated rings. The van der Waals surface area contributed by atoms with Gasteiger partial charge in [-0.2, -0.15) is 5.26 Å². The molecule has 2 aromatic heterocycles. The minimum Gasteiger partial charge on any atom is -0.490 e. The third kappa shape index (κ3) is 3.63. The summed E-state index contributed by atoms with van der Waals surface area (Å²) in [4.78, 5) is 28.3. The molecule has 0 bridgehead atoms.